The van der Waals surface area contributed by atoms with Crippen LogP contribution in [0.1, 0.15) is 32.8 Å². The summed E-state index contributed by atoms with van der Waals surface area (Å²) in [6.07, 6.45) is 1.15. The molecule has 0 amide bonds. The Morgan fingerprint density at radius 2 is 2.00 bits per heavy atom. The monoisotopic (exact) mass is 251 g/mol. The van der Waals surface area contributed by atoms with E-state index in [1.165, 1.54) is 5.56 Å². The van der Waals surface area contributed by atoms with Crippen LogP contribution in [-0.2, 0) is 6.54 Å². The molecular formula is C15H25NO2. The maximum Gasteiger partial charge on any atom is 0.161 e. The second-order valence-electron chi connectivity index (χ2n) is 4.87. The van der Waals surface area contributed by atoms with Crippen molar-refractivity contribution in [2.45, 2.75) is 33.7 Å². The van der Waals surface area contributed by atoms with Gasteiger partial charge in [-0.3, -0.25) is 0 Å². The molecule has 3 nitrogen and oxygen atoms in total. The van der Waals surface area contributed by atoms with Crippen molar-refractivity contribution in [3.63, 3.8) is 0 Å². The number of ether oxygens (including phenoxy) is 2. The first-order chi connectivity index (χ1) is 8.67. The quantitative estimate of drug-likeness (QED) is 0.720. The maximum absolute atomic E-state index is 5.78. The summed E-state index contributed by atoms with van der Waals surface area (Å²) in [5, 5.41) is 3.38. The Kier molecular flexibility index (Phi) is 6.58. The summed E-state index contributed by atoms with van der Waals surface area (Å²) >= 11 is 0. The molecule has 0 bridgehead atoms. The Labute approximate surface area is 110 Å². The lowest BCUT2D eigenvalue weighted by Crippen LogP contribution is -2.14. The molecule has 18 heavy (non-hydrogen) atoms. The summed E-state index contributed by atoms with van der Waals surface area (Å²) < 4.78 is 11.1. The first kappa shape index (κ1) is 14.8. The molecule has 1 N–H and O–H groups in total. The van der Waals surface area contributed by atoms with Gasteiger partial charge in [0, 0.05) is 6.54 Å². The molecule has 0 aliphatic rings. The molecule has 0 aromatic heterocycles. The number of rotatable bonds is 8. The third-order valence-electron chi connectivity index (χ3n) is 2.56. The lowest BCUT2D eigenvalue weighted by molar-refractivity contribution is 0.256. The minimum absolute atomic E-state index is 0.511. The predicted molar refractivity (Wildman–Crippen MR) is 75.3 cm³/mol. The van der Waals surface area contributed by atoms with Crippen molar-refractivity contribution in [3.05, 3.63) is 23.8 Å². The van der Waals surface area contributed by atoms with Crippen molar-refractivity contribution < 1.29 is 9.47 Å². The molecule has 1 aromatic rings. The molecule has 0 spiro atoms. The van der Waals surface area contributed by atoms with E-state index in [4.69, 9.17) is 9.47 Å². The van der Waals surface area contributed by atoms with Gasteiger partial charge < -0.3 is 14.8 Å². The van der Waals surface area contributed by atoms with Gasteiger partial charge in [-0.2, -0.15) is 0 Å². The molecule has 0 heterocycles. The van der Waals surface area contributed by atoms with Gasteiger partial charge in [0.05, 0.1) is 13.7 Å². The zero-order valence-corrected chi connectivity index (χ0v) is 12.0. The summed E-state index contributed by atoms with van der Waals surface area (Å²) in [5.41, 5.74) is 1.23. The standard InChI is InChI=1S/C15H25NO2/c1-5-8-16-10-13-6-7-14(17-4)15(9-13)18-11-12(2)3/h6-7,9,12,16H,5,8,10-11H2,1-4H3. The molecule has 0 saturated carbocycles. The summed E-state index contributed by atoms with van der Waals surface area (Å²) in [4.78, 5) is 0. The van der Waals surface area contributed by atoms with Gasteiger partial charge in [-0.15, -0.1) is 0 Å². The highest BCUT2D eigenvalue weighted by Gasteiger charge is 2.06. The van der Waals surface area contributed by atoms with E-state index < -0.39 is 0 Å². The molecule has 1 rings (SSSR count). The third-order valence-corrected chi connectivity index (χ3v) is 2.56. The number of nitrogens with one attached hydrogen (secondary N) is 1. The zero-order valence-electron chi connectivity index (χ0n) is 12.0. The molecule has 0 atom stereocenters. The number of benzene rings is 1. The van der Waals surface area contributed by atoms with Crippen LogP contribution in [0, 0.1) is 5.92 Å². The number of hydrogen-bond donors (Lipinski definition) is 1. The smallest absolute Gasteiger partial charge is 0.161 e. The second-order valence-corrected chi connectivity index (χ2v) is 4.87. The normalized spacial score (nSPS) is 10.7. The van der Waals surface area contributed by atoms with Crippen LogP contribution in [-0.4, -0.2) is 20.3 Å². The Morgan fingerprint density at radius 1 is 1.22 bits per heavy atom. The van der Waals surface area contributed by atoms with Crippen molar-refractivity contribution in [2.24, 2.45) is 5.92 Å². The van der Waals surface area contributed by atoms with E-state index in [0.717, 1.165) is 31.0 Å². The molecule has 1 aromatic carbocycles. The SMILES string of the molecule is CCCNCc1ccc(OC)c(OCC(C)C)c1. The minimum Gasteiger partial charge on any atom is -0.493 e. The molecule has 0 saturated heterocycles. The van der Waals surface area contributed by atoms with Crippen molar-refractivity contribution in [1.82, 2.24) is 5.32 Å². The predicted octanol–water partition coefficient (Wildman–Crippen LogP) is 3.23. The Hall–Kier alpha value is -1.22. The zero-order chi connectivity index (χ0) is 13.4. The van der Waals surface area contributed by atoms with E-state index in [1.54, 1.807) is 7.11 Å². The number of methoxy groups -OCH3 is 1. The van der Waals surface area contributed by atoms with Crippen molar-refractivity contribution in [2.75, 3.05) is 20.3 Å². The van der Waals surface area contributed by atoms with Crippen molar-refractivity contribution >= 4 is 0 Å². The van der Waals surface area contributed by atoms with Gasteiger partial charge in [-0.05, 0) is 36.6 Å². The summed E-state index contributed by atoms with van der Waals surface area (Å²) in [5.74, 6) is 2.15. The van der Waals surface area contributed by atoms with Crippen LogP contribution >= 0.6 is 0 Å². The first-order valence-corrected chi connectivity index (χ1v) is 6.67. The Balaban J connectivity index is 2.68. The van der Waals surface area contributed by atoms with Crippen LogP contribution in [0.5, 0.6) is 11.5 Å². The van der Waals surface area contributed by atoms with E-state index >= 15 is 0 Å². The Bertz CT molecular complexity index is 350. The fourth-order valence-electron chi connectivity index (χ4n) is 1.61. The van der Waals surface area contributed by atoms with E-state index in [1.807, 2.05) is 6.07 Å². The molecule has 102 valence electrons. The van der Waals surface area contributed by atoms with Gasteiger partial charge in [-0.1, -0.05) is 26.8 Å². The number of hydrogen-bond acceptors (Lipinski definition) is 3. The van der Waals surface area contributed by atoms with Gasteiger partial charge in [0.1, 0.15) is 0 Å². The topological polar surface area (TPSA) is 30.5 Å². The van der Waals surface area contributed by atoms with Crippen LogP contribution in [0.25, 0.3) is 0 Å². The molecule has 0 aliphatic carbocycles. The van der Waals surface area contributed by atoms with Gasteiger partial charge >= 0.3 is 0 Å². The summed E-state index contributed by atoms with van der Waals surface area (Å²) in [6.45, 7) is 9.06. The van der Waals surface area contributed by atoms with Crippen LogP contribution in [0.3, 0.4) is 0 Å². The largest absolute Gasteiger partial charge is 0.493 e. The fraction of sp³-hybridized carbons (Fsp3) is 0.600. The van der Waals surface area contributed by atoms with Gasteiger partial charge in [-0.25, -0.2) is 0 Å². The third kappa shape index (κ3) is 4.96. The van der Waals surface area contributed by atoms with E-state index in [0.29, 0.717) is 12.5 Å². The summed E-state index contributed by atoms with van der Waals surface area (Å²) in [6, 6.07) is 6.10. The van der Waals surface area contributed by atoms with Crippen LogP contribution in [0.2, 0.25) is 0 Å². The van der Waals surface area contributed by atoms with Crippen LogP contribution in [0.15, 0.2) is 18.2 Å². The molecule has 3 heteroatoms. The highest BCUT2D eigenvalue weighted by molar-refractivity contribution is 5.42. The second kappa shape index (κ2) is 7.98. The first-order valence-electron chi connectivity index (χ1n) is 6.67. The molecular weight excluding hydrogens is 226 g/mol. The van der Waals surface area contributed by atoms with E-state index in [9.17, 15) is 0 Å². The van der Waals surface area contributed by atoms with E-state index in [-0.39, 0.29) is 0 Å². The van der Waals surface area contributed by atoms with Crippen molar-refractivity contribution in [3.8, 4) is 11.5 Å². The van der Waals surface area contributed by atoms with Gasteiger partial charge in [0.15, 0.2) is 11.5 Å². The highest BCUT2D eigenvalue weighted by Crippen LogP contribution is 2.28. The minimum atomic E-state index is 0.511. The molecule has 0 radical (unpaired) electrons. The lowest BCUT2D eigenvalue weighted by atomic mass is 10.2. The highest BCUT2D eigenvalue weighted by atomic mass is 16.5. The van der Waals surface area contributed by atoms with Crippen molar-refractivity contribution in [1.29, 1.82) is 0 Å². The molecule has 0 aliphatic heterocycles. The van der Waals surface area contributed by atoms with Crippen LogP contribution < -0.4 is 14.8 Å². The van der Waals surface area contributed by atoms with Gasteiger partial charge in [0.2, 0.25) is 0 Å². The molecule has 0 fully saturated rings. The Morgan fingerprint density at radius 3 is 2.61 bits per heavy atom. The lowest BCUT2D eigenvalue weighted by Gasteiger charge is -2.14. The van der Waals surface area contributed by atoms with Gasteiger partial charge in [0.25, 0.3) is 0 Å². The average Bonchev–Trinajstić information content (AvgIpc) is 2.37. The summed E-state index contributed by atoms with van der Waals surface area (Å²) in [7, 11) is 1.67. The maximum atomic E-state index is 5.78. The van der Waals surface area contributed by atoms with E-state index in [2.05, 4.69) is 38.2 Å². The average molecular weight is 251 g/mol. The molecule has 0 unspecified atom stereocenters. The van der Waals surface area contributed by atoms with Crippen LogP contribution in [0.4, 0.5) is 0 Å². The fourth-order valence-corrected chi connectivity index (χ4v) is 1.61.